The molecule has 3 heterocycles. The quantitative estimate of drug-likeness (QED) is 0.397. The average molecular weight is 434 g/mol. The van der Waals surface area contributed by atoms with E-state index in [0.717, 1.165) is 40.9 Å². The Labute approximate surface area is 187 Å². The maximum absolute atomic E-state index is 12.9. The van der Waals surface area contributed by atoms with Crippen LogP contribution in [0.15, 0.2) is 65.7 Å². The van der Waals surface area contributed by atoms with E-state index in [9.17, 15) is 4.79 Å². The summed E-state index contributed by atoms with van der Waals surface area (Å²) < 4.78 is 2.09. The van der Waals surface area contributed by atoms with Crippen molar-refractivity contribution in [1.29, 1.82) is 0 Å². The first-order valence-corrected chi connectivity index (χ1v) is 11.5. The number of ketones is 1. The molecule has 4 rings (SSSR count). The summed E-state index contributed by atoms with van der Waals surface area (Å²) in [6, 6.07) is 12.2. The lowest BCUT2D eigenvalue weighted by Gasteiger charge is -2.23. The number of allylic oxidation sites excluding steroid dienone is 2. The zero-order valence-corrected chi connectivity index (χ0v) is 19.2. The summed E-state index contributed by atoms with van der Waals surface area (Å²) in [4.78, 5) is 19.1. The molecule has 0 radical (unpaired) electrons. The van der Waals surface area contributed by atoms with Crippen LogP contribution in [0.2, 0.25) is 0 Å². The summed E-state index contributed by atoms with van der Waals surface area (Å²) in [7, 11) is 2.03. The van der Waals surface area contributed by atoms with Crippen molar-refractivity contribution in [3.8, 4) is 11.4 Å². The van der Waals surface area contributed by atoms with Crippen molar-refractivity contribution in [2.45, 2.75) is 44.3 Å². The Kier molecular flexibility index (Phi) is 5.96. The number of anilines is 1. The van der Waals surface area contributed by atoms with Crippen LogP contribution in [0.4, 0.5) is 5.69 Å². The molecule has 0 saturated heterocycles. The number of aromatic nitrogens is 4. The monoisotopic (exact) mass is 433 g/mol. The summed E-state index contributed by atoms with van der Waals surface area (Å²) >= 11 is 1.44. The van der Waals surface area contributed by atoms with Crippen LogP contribution in [-0.2, 0) is 16.8 Å². The molecule has 3 aromatic rings. The zero-order chi connectivity index (χ0) is 22.0. The minimum absolute atomic E-state index is 0.0734. The van der Waals surface area contributed by atoms with E-state index in [1.165, 1.54) is 17.3 Å². The second kappa shape index (κ2) is 8.67. The number of fused-ring (bicyclic) bond motifs is 1. The number of carbonyl (C=O) groups excluding carboxylic acids is 1. The van der Waals surface area contributed by atoms with E-state index in [1.807, 2.05) is 25.2 Å². The fourth-order valence-electron chi connectivity index (χ4n) is 4.12. The number of likely N-dealkylation sites (N-methyl/N-ethyl adjacent to an activating group) is 1. The van der Waals surface area contributed by atoms with Gasteiger partial charge in [0.25, 0.3) is 0 Å². The first-order chi connectivity index (χ1) is 14.9. The van der Waals surface area contributed by atoms with Crippen LogP contribution in [0, 0.1) is 0 Å². The van der Waals surface area contributed by atoms with Crippen LogP contribution >= 0.6 is 11.8 Å². The van der Waals surface area contributed by atoms with E-state index >= 15 is 0 Å². The van der Waals surface area contributed by atoms with Crippen molar-refractivity contribution in [2.75, 3.05) is 17.7 Å². The third-order valence-corrected chi connectivity index (χ3v) is 6.67. The lowest BCUT2D eigenvalue weighted by atomic mass is 9.83. The average Bonchev–Trinajstić information content (AvgIpc) is 3.26. The third-order valence-electron chi connectivity index (χ3n) is 5.68. The van der Waals surface area contributed by atoms with Crippen LogP contribution in [0.3, 0.4) is 0 Å². The topological polar surface area (TPSA) is 63.9 Å². The second-order valence-electron chi connectivity index (χ2n) is 8.18. The Bertz CT molecular complexity index is 1120. The minimum atomic E-state index is -0.206. The molecule has 31 heavy (non-hydrogen) atoms. The van der Waals surface area contributed by atoms with Gasteiger partial charge >= 0.3 is 0 Å². The van der Waals surface area contributed by atoms with E-state index in [0.29, 0.717) is 5.75 Å². The lowest BCUT2D eigenvalue weighted by molar-refractivity contribution is -0.112. The number of nitrogens with zero attached hydrogens (tertiary/aromatic N) is 5. The van der Waals surface area contributed by atoms with Crippen molar-refractivity contribution in [3.05, 3.63) is 66.1 Å². The normalized spacial score (nSPS) is 16.0. The Morgan fingerprint density at radius 1 is 1.13 bits per heavy atom. The van der Waals surface area contributed by atoms with E-state index in [1.54, 1.807) is 18.5 Å². The lowest BCUT2D eigenvalue weighted by Crippen LogP contribution is -2.24. The van der Waals surface area contributed by atoms with Crippen LogP contribution in [0.5, 0.6) is 0 Å². The zero-order valence-electron chi connectivity index (χ0n) is 18.4. The van der Waals surface area contributed by atoms with Gasteiger partial charge in [0.15, 0.2) is 16.8 Å². The van der Waals surface area contributed by atoms with Crippen LogP contribution < -0.4 is 4.90 Å². The molecule has 0 atom stereocenters. The highest BCUT2D eigenvalue weighted by atomic mass is 32.2. The largest absolute Gasteiger partial charge is 0.347 e. The van der Waals surface area contributed by atoms with Gasteiger partial charge in [-0.05, 0) is 30.2 Å². The summed E-state index contributed by atoms with van der Waals surface area (Å²) in [5.74, 6) is 1.20. The summed E-state index contributed by atoms with van der Waals surface area (Å²) in [5.41, 5.74) is 4.19. The molecule has 0 unspecified atom stereocenters. The molecule has 2 aromatic heterocycles. The fourth-order valence-corrected chi connectivity index (χ4v) is 4.91. The van der Waals surface area contributed by atoms with Gasteiger partial charge in [-0.2, -0.15) is 0 Å². The summed E-state index contributed by atoms with van der Waals surface area (Å²) in [6.45, 7) is 7.25. The summed E-state index contributed by atoms with van der Waals surface area (Å²) in [6.07, 6.45) is 6.25. The van der Waals surface area contributed by atoms with Crippen molar-refractivity contribution in [1.82, 2.24) is 19.7 Å². The summed E-state index contributed by atoms with van der Waals surface area (Å²) in [5, 5.41) is 9.51. The molecule has 0 N–H and O–H groups in total. The molecule has 1 aliphatic rings. The Morgan fingerprint density at radius 2 is 1.87 bits per heavy atom. The highest BCUT2D eigenvalue weighted by Crippen LogP contribution is 2.46. The van der Waals surface area contributed by atoms with E-state index in [4.69, 9.17) is 0 Å². The van der Waals surface area contributed by atoms with E-state index in [2.05, 4.69) is 63.6 Å². The first-order valence-electron chi connectivity index (χ1n) is 10.5. The van der Waals surface area contributed by atoms with E-state index < -0.39 is 0 Å². The van der Waals surface area contributed by atoms with Gasteiger partial charge in [0.05, 0.1) is 5.75 Å². The molecule has 0 bridgehead atoms. The number of carbonyl (C=O) groups is 1. The number of pyridine rings is 1. The van der Waals surface area contributed by atoms with Crippen LogP contribution in [0.25, 0.3) is 11.4 Å². The molecule has 7 heteroatoms. The second-order valence-corrected chi connectivity index (χ2v) is 9.12. The van der Waals surface area contributed by atoms with Gasteiger partial charge in [-0.3, -0.25) is 9.78 Å². The van der Waals surface area contributed by atoms with Crippen molar-refractivity contribution >= 4 is 23.2 Å². The molecule has 0 aliphatic carbocycles. The minimum Gasteiger partial charge on any atom is -0.347 e. The molecule has 160 valence electrons. The van der Waals surface area contributed by atoms with Crippen LogP contribution in [-0.4, -0.2) is 38.3 Å². The van der Waals surface area contributed by atoms with Gasteiger partial charge in [0.2, 0.25) is 0 Å². The molecule has 0 amide bonds. The fraction of sp³-hybridized carbons (Fsp3) is 0.333. The molecule has 0 fully saturated rings. The molecular formula is C24H27N5OS. The van der Waals surface area contributed by atoms with Gasteiger partial charge < -0.3 is 9.47 Å². The number of rotatable bonds is 7. The molecule has 6 nitrogen and oxygen atoms in total. The smallest absolute Gasteiger partial charge is 0.191 e. The Morgan fingerprint density at radius 3 is 2.58 bits per heavy atom. The predicted molar refractivity (Wildman–Crippen MR) is 125 cm³/mol. The number of benzene rings is 1. The van der Waals surface area contributed by atoms with Crippen LogP contribution in [0.1, 0.15) is 32.8 Å². The molecule has 0 spiro atoms. The van der Waals surface area contributed by atoms with Crippen molar-refractivity contribution in [2.24, 2.45) is 0 Å². The Balaban J connectivity index is 1.53. The highest BCUT2D eigenvalue weighted by molar-refractivity contribution is 7.99. The number of hydrogen-bond donors (Lipinski definition) is 0. The van der Waals surface area contributed by atoms with E-state index in [-0.39, 0.29) is 11.2 Å². The number of para-hydroxylation sites is 1. The third kappa shape index (κ3) is 4.02. The standard InChI is InChI=1S/C24H27N5OS/c1-5-14-29-22(17-10-12-25-13-11-17)26-27-23(29)31-16-18(30)15-21-24(2,3)19-8-6-7-9-20(19)28(21)4/h6-13,15H,5,14,16H2,1-4H3/b21-15+. The molecular weight excluding hydrogens is 406 g/mol. The number of thioether (sulfide) groups is 1. The highest BCUT2D eigenvalue weighted by Gasteiger charge is 2.38. The van der Waals surface area contributed by atoms with Gasteiger partial charge in [-0.25, -0.2) is 0 Å². The van der Waals surface area contributed by atoms with Crippen molar-refractivity contribution in [3.63, 3.8) is 0 Å². The van der Waals surface area contributed by atoms with Crippen molar-refractivity contribution < 1.29 is 4.79 Å². The molecule has 1 aliphatic heterocycles. The molecule has 1 aromatic carbocycles. The maximum atomic E-state index is 12.9. The van der Waals surface area contributed by atoms with Gasteiger partial charge in [0, 0.05) is 54.4 Å². The van der Waals surface area contributed by atoms with Gasteiger partial charge in [0.1, 0.15) is 0 Å². The molecule has 0 saturated carbocycles. The Hall–Kier alpha value is -2.93. The van der Waals surface area contributed by atoms with Gasteiger partial charge in [-0.15, -0.1) is 10.2 Å². The van der Waals surface area contributed by atoms with Gasteiger partial charge in [-0.1, -0.05) is 50.7 Å². The SMILES string of the molecule is CCCn1c(SCC(=O)/C=C2/N(C)c3ccccc3C2(C)C)nnc1-c1ccncc1. The maximum Gasteiger partial charge on any atom is 0.191 e. The predicted octanol–water partition coefficient (Wildman–Crippen LogP) is 4.72. The number of hydrogen-bond acceptors (Lipinski definition) is 6. The first kappa shape index (κ1) is 21.3.